The van der Waals surface area contributed by atoms with E-state index in [0.29, 0.717) is 25.6 Å². The second-order valence-electron chi connectivity index (χ2n) is 5.01. The highest BCUT2D eigenvalue weighted by atomic mass is 16.3. The van der Waals surface area contributed by atoms with E-state index < -0.39 is 0 Å². The van der Waals surface area contributed by atoms with Crippen LogP contribution in [-0.4, -0.2) is 40.7 Å². The summed E-state index contributed by atoms with van der Waals surface area (Å²) in [5.74, 6) is -0.396. The molecule has 104 valence electrons. The molecule has 1 aliphatic rings. The van der Waals surface area contributed by atoms with Gasteiger partial charge in [-0.05, 0) is 43.9 Å². The van der Waals surface area contributed by atoms with Gasteiger partial charge in [0.2, 0.25) is 0 Å². The predicted molar refractivity (Wildman–Crippen MR) is 72.1 cm³/mol. The first-order valence-electron chi connectivity index (χ1n) is 6.63. The highest BCUT2D eigenvalue weighted by Gasteiger charge is 2.26. The number of hydrogen-bond donors (Lipinski definition) is 3. The summed E-state index contributed by atoms with van der Waals surface area (Å²) in [4.78, 5) is 14.1. The largest absolute Gasteiger partial charge is 0.504 e. The number of aromatic hydroxyl groups is 2. The molecule has 1 fully saturated rings. The van der Waals surface area contributed by atoms with E-state index in [9.17, 15) is 15.0 Å². The van der Waals surface area contributed by atoms with Crippen LogP contribution in [0.3, 0.4) is 0 Å². The van der Waals surface area contributed by atoms with Gasteiger partial charge in [-0.2, -0.15) is 0 Å². The van der Waals surface area contributed by atoms with Crippen LogP contribution in [0.4, 0.5) is 0 Å². The third-order valence-corrected chi connectivity index (χ3v) is 3.63. The van der Waals surface area contributed by atoms with Crippen molar-refractivity contribution in [3.8, 4) is 11.5 Å². The molecule has 1 aromatic carbocycles. The van der Waals surface area contributed by atoms with E-state index in [-0.39, 0.29) is 23.0 Å². The molecule has 0 aliphatic carbocycles. The van der Waals surface area contributed by atoms with Crippen molar-refractivity contribution in [3.63, 3.8) is 0 Å². The van der Waals surface area contributed by atoms with Crippen LogP contribution in [0.1, 0.15) is 29.6 Å². The monoisotopic (exact) mass is 264 g/mol. The van der Waals surface area contributed by atoms with Gasteiger partial charge in [-0.15, -0.1) is 0 Å². The van der Waals surface area contributed by atoms with Gasteiger partial charge in [0.25, 0.3) is 5.91 Å². The van der Waals surface area contributed by atoms with E-state index in [0.717, 1.165) is 19.3 Å². The van der Waals surface area contributed by atoms with Crippen molar-refractivity contribution in [2.75, 3.05) is 19.6 Å². The normalized spacial score (nSPS) is 19.4. The van der Waals surface area contributed by atoms with Gasteiger partial charge >= 0.3 is 0 Å². The van der Waals surface area contributed by atoms with Crippen molar-refractivity contribution in [2.24, 2.45) is 11.7 Å². The van der Waals surface area contributed by atoms with Crippen molar-refractivity contribution >= 4 is 5.91 Å². The number of hydrogen-bond acceptors (Lipinski definition) is 4. The maximum Gasteiger partial charge on any atom is 0.257 e. The Labute approximate surface area is 112 Å². The second-order valence-corrected chi connectivity index (χ2v) is 5.01. The molecule has 0 saturated carbocycles. The molecule has 1 saturated heterocycles. The number of nitrogens with two attached hydrogens (primary N) is 1. The Morgan fingerprint density at radius 3 is 2.95 bits per heavy atom. The third kappa shape index (κ3) is 2.98. The molecule has 1 aliphatic heterocycles. The Bertz CT molecular complexity index is 460. The Hall–Kier alpha value is -1.75. The molecular formula is C14H20N2O3. The zero-order valence-electron chi connectivity index (χ0n) is 10.9. The van der Waals surface area contributed by atoms with Crippen LogP contribution in [-0.2, 0) is 0 Å². The lowest BCUT2D eigenvalue weighted by Gasteiger charge is -2.32. The molecule has 1 unspecified atom stereocenters. The van der Waals surface area contributed by atoms with E-state index in [2.05, 4.69) is 0 Å². The number of piperidine rings is 1. The zero-order chi connectivity index (χ0) is 13.8. The summed E-state index contributed by atoms with van der Waals surface area (Å²) in [6, 6.07) is 4.45. The lowest BCUT2D eigenvalue weighted by Crippen LogP contribution is -2.40. The highest BCUT2D eigenvalue weighted by Crippen LogP contribution is 2.30. The smallest absolute Gasteiger partial charge is 0.257 e. The summed E-state index contributed by atoms with van der Waals surface area (Å²) in [6.07, 6.45) is 2.96. The van der Waals surface area contributed by atoms with Gasteiger partial charge < -0.3 is 20.8 Å². The summed E-state index contributed by atoms with van der Waals surface area (Å²) in [6.45, 7) is 1.99. The zero-order valence-corrected chi connectivity index (χ0v) is 10.9. The summed E-state index contributed by atoms with van der Waals surface area (Å²) < 4.78 is 0. The summed E-state index contributed by atoms with van der Waals surface area (Å²) in [5.41, 5.74) is 5.72. The van der Waals surface area contributed by atoms with Crippen LogP contribution < -0.4 is 5.73 Å². The van der Waals surface area contributed by atoms with Crippen LogP contribution in [0.2, 0.25) is 0 Å². The Balaban J connectivity index is 2.12. The number of phenols is 2. The fourth-order valence-electron chi connectivity index (χ4n) is 2.60. The minimum Gasteiger partial charge on any atom is -0.504 e. The van der Waals surface area contributed by atoms with E-state index in [4.69, 9.17) is 5.73 Å². The van der Waals surface area contributed by atoms with Gasteiger partial charge in [-0.3, -0.25) is 4.79 Å². The molecule has 0 bridgehead atoms. The molecule has 19 heavy (non-hydrogen) atoms. The lowest BCUT2D eigenvalue weighted by atomic mass is 9.94. The number of nitrogens with zero attached hydrogens (tertiary/aromatic N) is 1. The highest BCUT2D eigenvalue weighted by molar-refractivity contribution is 5.97. The number of amides is 1. The van der Waals surface area contributed by atoms with E-state index in [1.54, 1.807) is 11.0 Å². The number of phenolic OH excluding ortho intramolecular Hbond substituents is 2. The standard InChI is InChI=1S/C14H20N2O3/c15-7-6-10-3-2-8-16(9-10)14(19)11-4-1-5-12(17)13(11)18/h1,4-5,10,17-18H,2-3,6-9,15H2. The van der Waals surface area contributed by atoms with Crippen LogP contribution in [0.15, 0.2) is 18.2 Å². The first-order chi connectivity index (χ1) is 9.13. The number of carbonyl (C=O) groups is 1. The average molecular weight is 264 g/mol. The van der Waals surface area contributed by atoms with Crippen LogP contribution in [0.5, 0.6) is 11.5 Å². The van der Waals surface area contributed by atoms with Gasteiger partial charge in [-0.1, -0.05) is 6.07 Å². The molecule has 1 amide bonds. The SMILES string of the molecule is NCCC1CCCN(C(=O)c2cccc(O)c2O)C1. The summed E-state index contributed by atoms with van der Waals surface area (Å²) in [5, 5.41) is 19.2. The van der Waals surface area contributed by atoms with Crippen LogP contribution >= 0.6 is 0 Å². The first kappa shape index (κ1) is 13.7. The molecule has 1 aromatic rings. The van der Waals surface area contributed by atoms with Gasteiger partial charge in [0.15, 0.2) is 11.5 Å². The van der Waals surface area contributed by atoms with Gasteiger partial charge in [0, 0.05) is 13.1 Å². The maximum absolute atomic E-state index is 12.3. The van der Waals surface area contributed by atoms with E-state index in [1.807, 2.05) is 0 Å². The number of rotatable bonds is 3. The molecule has 5 nitrogen and oxygen atoms in total. The third-order valence-electron chi connectivity index (χ3n) is 3.63. The average Bonchev–Trinajstić information content (AvgIpc) is 2.42. The van der Waals surface area contributed by atoms with Crippen molar-refractivity contribution in [2.45, 2.75) is 19.3 Å². The molecule has 0 spiro atoms. The maximum atomic E-state index is 12.3. The van der Waals surface area contributed by atoms with Gasteiger partial charge in [0.1, 0.15) is 0 Å². The van der Waals surface area contributed by atoms with Crippen molar-refractivity contribution in [3.05, 3.63) is 23.8 Å². The number of likely N-dealkylation sites (tertiary alicyclic amines) is 1. The fourth-order valence-corrected chi connectivity index (χ4v) is 2.60. The minimum absolute atomic E-state index is 0.161. The molecular weight excluding hydrogens is 244 g/mol. The van der Waals surface area contributed by atoms with E-state index >= 15 is 0 Å². The second kappa shape index (κ2) is 5.93. The molecule has 4 N–H and O–H groups in total. The van der Waals surface area contributed by atoms with Gasteiger partial charge in [0.05, 0.1) is 5.56 Å². The predicted octanol–water partition coefficient (Wildman–Crippen LogP) is 1.30. The number of para-hydroxylation sites is 1. The number of carbonyl (C=O) groups excluding carboxylic acids is 1. The van der Waals surface area contributed by atoms with Crippen molar-refractivity contribution in [1.29, 1.82) is 0 Å². The summed E-state index contributed by atoms with van der Waals surface area (Å²) >= 11 is 0. The summed E-state index contributed by atoms with van der Waals surface area (Å²) in [7, 11) is 0. The lowest BCUT2D eigenvalue weighted by molar-refractivity contribution is 0.0666. The quantitative estimate of drug-likeness (QED) is 0.718. The Morgan fingerprint density at radius 2 is 2.21 bits per heavy atom. The van der Waals surface area contributed by atoms with Gasteiger partial charge in [-0.25, -0.2) is 0 Å². The topological polar surface area (TPSA) is 86.8 Å². The minimum atomic E-state index is -0.339. The van der Waals surface area contributed by atoms with Crippen LogP contribution in [0.25, 0.3) is 0 Å². The van der Waals surface area contributed by atoms with Crippen molar-refractivity contribution in [1.82, 2.24) is 4.90 Å². The molecule has 0 radical (unpaired) electrons. The van der Waals surface area contributed by atoms with Crippen LogP contribution in [0, 0.1) is 5.92 Å². The molecule has 2 rings (SSSR count). The molecule has 0 aromatic heterocycles. The molecule has 1 atom stereocenters. The molecule has 5 heteroatoms. The Kier molecular flexibility index (Phi) is 4.27. The Morgan fingerprint density at radius 1 is 1.42 bits per heavy atom. The van der Waals surface area contributed by atoms with E-state index in [1.165, 1.54) is 12.1 Å². The first-order valence-corrected chi connectivity index (χ1v) is 6.63. The number of benzene rings is 1. The van der Waals surface area contributed by atoms with Crippen molar-refractivity contribution < 1.29 is 15.0 Å². The molecule has 1 heterocycles. The fraction of sp³-hybridized carbons (Fsp3) is 0.500.